The number of ketones is 1. The van der Waals surface area contributed by atoms with Gasteiger partial charge in [-0.3, -0.25) is 4.79 Å². The van der Waals surface area contributed by atoms with Crippen LogP contribution in [0.15, 0.2) is 54.6 Å². The van der Waals surface area contributed by atoms with Gasteiger partial charge in [0.2, 0.25) is 0 Å². The van der Waals surface area contributed by atoms with Crippen LogP contribution in [-0.2, 0) is 6.42 Å². The molecule has 1 atom stereocenters. The lowest BCUT2D eigenvalue weighted by Gasteiger charge is -2.38. The Balaban J connectivity index is 1.98. The van der Waals surface area contributed by atoms with Gasteiger partial charge < -0.3 is 10.0 Å². The number of benzene rings is 2. The van der Waals surface area contributed by atoms with Gasteiger partial charge in [0.05, 0.1) is 6.54 Å². The first-order chi connectivity index (χ1) is 9.60. The van der Waals surface area contributed by atoms with Gasteiger partial charge in [0, 0.05) is 24.7 Å². The highest BCUT2D eigenvalue weighted by Crippen LogP contribution is 2.32. The molecule has 0 aliphatic carbocycles. The third kappa shape index (κ3) is 2.10. The van der Waals surface area contributed by atoms with Crippen molar-refractivity contribution in [3.05, 3.63) is 65.7 Å². The second-order valence-corrected chi connectivity index (χ2v) is 5.40. The van der Waals surface area contributed by atoms with Crippen molar-refractivity contribution in [3.8, 4) is 0 Å². The molecule has 0 bridgehead atoms. The minimum atomic E-state index is -1.36. The summed E-state index contributed by atoms with van der Waals surface area (Å²) >= 11 is 0. The van der Waals surface area contributed by atoms with E-state index in [1.165, 1.54) is 0 Å². The molecule has 0 fully saturated rings. The van der Waals surface area contributed by atoms with Crippen molar-refractivity contribution in [1.29, 1.82) is 0 Å². The Labute approximate surface area is 118 Å². The lowest BCUT2D eigenvalue weighted by Crippen LogP contribution is -2.53. The van der Waals surface area contributed by atoms with Gasteiger partial charge in [-0.1, -0.05) is 42.5 Å². The van der Waals surface area contributed by atoms with Gasteiger partial charge in [-0.2, -0.15) is 0 Å². The minimum absolute atomic E-state index is 0.185. The number of hydrogen-bond acceptors (Lipinski definition) is 3. The number of Topliss-reactive ketones (excluding diaryl/α,β-unsaturated/α-hetero) is 1. The Morgan fingerprint density at radius 2 is 1.75 bits per heavy atom. The van der Waals surface area contributed by atoms with Crippen LogP contribution in [0.25, 0.3) is 0 Å². The minimum Gasteiger partial charge on any atom is -0.379 e. The van der Waals surface area contributed by atoms with Crippen molar-refractivity contribution in [1.82, 2.24) is 0 Å². The maximum Gasteiger partial charge on any atom is 0.198 e. The molecule has 2 aromatic carbocycles. The van der Waals surface area contributed by atoms with E-state index in [-0.39, 0.29) is 5.78 Å². The molecule has 1 unspecified atom stereocenters. The van der Waals surface area contributed by atoms with E-state index in [1.807, 2.05) is 60.5 Å². The van der Waals surface area contributed by atoms with Crippen molar-refractivity contribution in [2.45, 2.75) is 12.0 Å². The third-order valence-electron chi connectivity index (χ3n) is 3.82. The molecule has 102 valence electrons. The molecule has 0 radical (unpaired) electrons. The summed E-state index contributed by atoms with van der Waals surface area (Å²) in [5.74, 6) is -0.185. The van der Waals surface area contributed by atoms with Gasteiger partial charge in [0.25, 0.3) is 0 Å². The zero-order chi connectivity index (χ0) is 14.2. The van der Waals surface area contributed by atoms with Crippen LogP contribution in [0.2, 0.25) is 0 Å². The van der Waals surface area contributed by atoms with Crippen LogP contribution < -0.4 is 4.90 Å². The van der Waals surface area contributed by atoms with Gasteiger partial charge in [0.15, 0.2) is 5.78 Å². The van der Waals surface area contributed by atoms with E-state index in [0.29, 0.717) is 18.5 Å². The quantitative estimate of drug-likeness (QED) is 0.907. The lowest BCUT2D eigenvalue weighted by atomic mass is 9.82. The lowest BCUT2D eigenvalue weighted by molar-refractivity contribution is 0.0337. The molecule has 20 heavy (non-hydrogen) atoms. The molecule has 0 spiro atoms. The van der Waals surface area contributed by atoms with E-state index in [9.17, 15) is 9.90 Å². The van der Waals surface area contributed by atoms with E-state index in [0.717, 1.165) is 11.3 Å². The summed E-state index contributed by atoms with van der Waals surface area (Å²) in [6.45, 7) is 0.317. The zero-order valence-corrected chi connectivity index (χ0v) is 11.4. The molecule has 3 heteroatoms. The molecule has 0 saturated heterocycles. The van der Waals surface area contributed by atoms with Crippen molar-refractivity contribution in [2.24, 2.45) is 0 Å². The average molecular weight is 267 g/mol. The smallest absolute Gasteiger partial charge is 0.198 e. The molecule has 0 amide bonds. The molecular formula is C17H17NO2. The van der Waals surface area contributed by atoms with Crippen LogP contribution >= 0.6 is 0 Å². The fraction of sp³-hybridized carbons (Fsp3) is 0.235. The number of carbonyl (C=O) groups is 1. The summed E-state index contributed by atoms with van der Waals surface area (Å²) in [6.07, 6.45) is 0.339. The molecule has 1 heterocycles. The summed E-state index contributed by atoms with van der Waals surface area (Å²) in [5, 5.41) is 10.8. The summed E-state index contributed by atoms with van der Waals surface area (Å²) in [6, 6.07) is 17.1. The maximum absolute atomic E-state index is 12.6. The van der Waals surface area contributed by atoms with Crippen LogP contribution in [0.1, 0.15) is 15.9 Å². The number of anilines is 1. The fourth-order valence-corrected chi connectivity index (χ4v) is 2.87. The second-order valence-electron chi connectivity index (χ2n) is 5.40. The molecule has 1 aliphatic heterocycles. The SMILES string of the molecule is CN1CC(O)(Cc2ccccc2)C(=O)c2ccccc21. The van der Waals surface area contributed by atoms with Crippen molar-refractivity contribution >= 4 is 11.5 Å². The van der Waals surface area contributed by atoms with Crippen LogP contribution in [0, 0.1) is 0 Å². The highest BCUT2D eigenvalue weighted by atomic mass is 16.3. The van der Waals surface area contributed by atoms with Gasteiger partial charge in [-0.25, -0.2) is 0 Å². The van der Waals surface area contributed by atoms with Crippen LogP contribution in [0.3, 0.4) is 0 Å². The molecule has 1 N–H and O–H groups in total. The largest absolute Gasteiger partial charge is 0.379 e. The maximum atomic E-state index is 12.6. The first-order valence-electron chi connectivity index (χ1n) is 6.71. The Morgan fingerprint density at radius 1 is 1.10 bits per heavy atom. The Hall–Kier alpha value is -2.13. The number of β-amino-alcohol motifs (C(OH)–C–C–N with tert-alkyl or cyclic N) is 1. The number of rotatable bonds is 2. The number of hydrogen-bond donors (Lipinski definition) is 1. The first-order valence-corrected chi connectivity index (χ1v) is 6.71. The summed E-state index contributed by atoms with van der Waals surface area (Å²) in [4.78, 5) is 14.6. The van der Waals surface area contributed by atoms with E-state index in [2.05, 4.69) is 0 Å². The van der Waals surface area contributed by atoms with Crippen molar-refractivity contribution in [3.63, 3.8) is 0 Å². The highest BCUT2D eigenvalue weighted by molar-refractivity contribution is 6.08. The van der Waals surface area contributed by atoms with E-state index < -0.39 is 5.60 Å². The Kier molecular flexibility index (Phi) is 3.07. The van der Waals surface area contributed by atoms with Crippen molar-refractivity contribution < 1.29 is 9.90 Å². The normalized spacial score (nSPS) is 21.7. The van der Waals surface area contributed by atoms with Crippen LogP contribution in [-0.4, -0.2) is 30.1 Å². The molecule has 0 aromatic heterocycles. The standard InChI is InChI=1S/C17H17NO2/c1-18-12-17(20,11-13-7-3-2-4-8-13)16(19)14-9-5-6-10-15(14)18/h2-10,20H,11-12H2,1H3. The van der Waals surface area contributed by atoms with E-state index in [4.69, 9.17) is 0 Å². The van der Waals surface area contributed by atoms with Gasteiger partial charge >= 0.3 is 0 Å². The number of likely N-dealkylation sites (N-methyl/N-ethyl adjacent to an activating group) is 1. The number of aliphatic hydroxyl groups is 1. The van der Waals surface area contributed by atoms with Crippen molar-refractivity contribution in [2.75, 3.05) is 18.5 Å². The van der Waals surface area contributed by atoms with E-state index >= 15 is 0 Å². The van der Waals surface area contributed by atoms with Gasteiger partial charge in [-0.15, -0.1) is 0 Å². The Morgan fingerprint density at radius 3 is 2.50 bits per heavy atom. The third-order valence-corrected chi connectivity index (χ3v) is 3.82. The molecule has 2 aromatic rings. The van der Waals surface area contributed by atoms with Crippen LogP contribution in [0.5, 0.6) is 0 Å². The number of nitrogens with zero attached hydrogens (tertiary/aromatic N) is 1. The molecular weight excluding hydrogens is 250 g/mol. The van der Waals surface area contributed by atoms with Gasteiger partial charge in [-0.05, 0) is 17.7 Å². The summed E-state index contributed by atoms with van der Waals surface area (Å²) in [5.41, 5.74) is 1.09. The Bertz CT molecular complexity index is 638. The molecule has 3 nitrogen and oxygen atoms in total. The zero-order valence-electron chi connectivity index (χ0n) is 11.4. The highest BCUT2D eigenvalue weighted by Gasteiger charge is 2.42. The molecule has 1 aliphatic rings. The molecule has 0 saturated carbocycles. The second kappa shape index (κ2) is 4.76. The number of fused-ring (bicyclic) bond motifs is 1. The van der Waals surface area contributed by atoms with E-state index in [1.54, 1.807) is 6.07 Å². The predicted octanol–water partition coefficient (Wildman–Crippen LogP) is 2.29. The molecule has 3 rings (SSSR count). The topological polar surface area (TPSA) is 40.5 Å². The van der Waals surface area contributed by atoms with Crippen LogP contribution in [0.4, 0.5) is 5.69 Å². The number of carbonyl (C=O) groups excluding carboxylic acids is 1. The summed E-state index contributed by atoms with van der Waals surface area (Å²) < 4.78 is 0. The summed E-state index contributed by atoms with van der Waals surface area (Å²) in [7, 11) is 1.90. The fourth-order valence-electron chi connectivity index (χ4n) is 2.87. The monoisotopic (exact) mass is 267 g/mol. The first kappa shape index (κ1) is 12.9. The predicted molar refractivity (Wildman–Crippen MR) is 79.1 cm³/mol. The van der Waals surface area contributed by atoms with Gasteiger partial charge in [0.1, 0.15) is 5.60 Å². The number of para-hydroxylation sites is 1. The average Bonchev–Trinajstić information content (AvgIpc) is 2.46.